The second-order valence-corrected chi connectivity index (χ2v) is 15.8. The number of aromatic hydroxyl groups is 1. The van der Waals surface area contributed by atoms with Gasteiger partial charge in [-0.1, -0.05) is 89.2 Å². The van der Waals surface area contributed by atoms with Crippen LogP contribution in [0.2, 0.25) is 0 Å². The molecule has 2 aromatic carbocycles. The first-order chi connectivity index (χ1) is 16.0. The normalized spacial score (nSPS) is 14.0. The summed E-state index contributed by atoms with van der Waals surface area (Å²) in [6.07, 6.45) is 1.43. The highest BCUT2D eigenvalue weighted by Crippen LogP contribution is 2.41. The van der Waals surface area contributed by atoms with E-state index in [1.807, 2.05) is 89.2 Å². The molecule has 0 fully saturated rings. The summed E-state index contributed by atoms with van der Waals surface area (Å²) < 4.78 is 27.6. The highest BCUT2D eigenvalue weighted by Gasteiger charge is 2.29. The lowest BCUT2D eigenvalue weighted by Crippen LogP contribution is -2.18. The average molecular weight is 510 g/mol. The van der Waals surface area contributed by atoms with Crippen LogP contribution < -0.4 is 0 Å². The molecule has 0 saturated carbocycles. The monoisotopic (exact) mass is 509 g/mol. The van der Waals surface area contributed by atoms with Gasteiger partial charge in [-0.2, -0.15) is 5.26 Å². The van der Waals surface area contributed by atoms with Crippen molar-refractivity contribution in [2.24, 2.45) is 0 Å². The molecular weight excluding hydrogens is 466 g/mol. The number of nitrogens with zero attached hydrogens (tertiary/aromatic N) is 1. The van der Waals surface area contributed by atoms with Crippen LogP contribution >= 0.6 is 0 Å². The maximum atomic E-state index is 13.8. The molecule has 2 aromatic rings. The van der Waals surface area contributed by atoms with Gasteiger partial charge in [-0.05, 0) is 68.7 Å². The number of nitriles is 1. The summed E-state index contributed by atoms with van der Waals surface area (Å²) in [5.74, 6) is 0.209. The van der Waals surface area contributed by atoms with Gasteiger partial charge in [0, 0.05) is 11.1 Å². The Labute approximate surface area is 219 Å². The molecule has 0 amide bonds. The Hall–Kier alpha value is -2.58. The first kappa shape index (κ1) is 29.6. The Balaban J connectivity index is 2.86. The van der Waals surface area contributed by atoms with E-state index in [-0.39, 0.29) is 37.2 Å². The first-order valence-electron chi connectivity index (χ1n) is 12.4. The van der Waals surface area contributed by atoms with Crippen molar-refractivity contribution in [2.75, 3.05) is 0 Å². The second-order valence-electron chi connectivity index (χ2n) is 13.8. The molecule has 0 unspecified atom stereocenters. The van der Waals surface area contributed by atoms with E-state index in [2.05, 4.69) is 6.07 Å². The van der Waals surface area contributed by atoms with Crippen LogP contribution in [0.15, 0.2) is 40.1 Å². The second kappa shape index (κ2) is 9.38. The SMILES string of the molecule is CC(C)(C)c1cc(C(C)(C)C)cc(S(=O)(=O)/C(C#N)=C/c2cc(C(C)(C)C)c(O)c(C(C)(C)C)c2)c1. The Morgan fingerprint density at radius 2 is 1.11 bits per heavy atom. The molecule has 0 atom stereocenters. The maximum absolute atomic E-state index is 13.8. The molecule has 0 bridgehead atoms. The fourth-order valence-electron chi connectivity index (χ4n) is 3.95. The van der Waals surface area contributed by atoms with Gasteiger partial charge in [-0.3, -0.25) is 0 Å². The predicted octanol–water partition coefficient (Wildman–Crippen LogP) is 7.92. The van der Waals surface area contributed by atoms with E-state index in [0.29, 0.717) is 16.7 Å². The Morgan fingerprint density at radius 3 is 1.42 bits per heavy atom. The van der Waals surface area contributed by atoms with Crippen LogP contribution in [-0.2, 0) is 31.5 Å². The van der Waals surface area contributed by atoms with Crippen LogP contribution in [0.4, 0.5) is 0 Å². The lowest BCUT2D eigenvalue weighted by atomic mass is 9.78. The van der Waals surface area contributed by atoms with Crippen LogP contribution in [-0.4, -0.2) is 13.5 Å². The molecule has 5 heteroatoms. The molecule has 0 aliphatic rings. The van der Waals surface area contributed by atoms with E-state index in [4.69, 9.17) is 0 Å². The van der Waals surface area contributed by atoms with Crippen molar-refractivity contribution < 1.29 is 13.5 Å². The van der Waals surface area contributed by atoms with Gasteiger partial charge in [0.05, 0.1) is 4.90 Å². The number of benzene rings is 2. The third-order valence-electron chi connectivity index (χ3n) is 6.39. The van der Waals surface area contributed by atoms with Crippen molar-refractivity contribution in [1.82, 2.24) is 0 Å². The minimum Gasteiger partial charge on any atom is -0.507 e. The van der Waals surface area contributed by atoms with Gasteiger partial charge in [0.2, 0.25) is 9.84 Å². The van der Waals surface area contributed by atoms with Crippen molar-refractivity contribution in [2.45, 2.75) is 110 Å². The standard InChI is InChI=1S/C31H43NO3S/c1-28(2,3)21-16-22(29(4,5)6)18-23(17-21)36(34,35)24(19-32)13-20-14-25(30(7,8)9)27(33)26(15-20)31(10,11)12/h13-18,33H,1-12H3/b24-13+. The van der Waals surface area contributed by atoms with E-state index >= 15 is 0 Å². The fourth-order valence-corrected chi connectivity index (χ4v) is 5.18. The van der Waals surface area contributed by atoms with Gasteiger partial charge in [-0.25, -0.2) is 8.42 Å². The number of sulfone groups is 1. The molecular formula is C31H43NO3S. The molecule has 196 valence electrons. The molecule has 0 heterocycles. The third kappa shape index (κ3) is 6.40. The zero-order valence-electron chi connectivity index (χ0n) is 24.1. The number of rotatable bonds is 3. The lowest BCUT2D eigenvalue weighted by molar-refractivity contribution is 0.423. The Bertz CT molecular complexity index is 1260. The van der Waals surface area contributed by atoms with E-state index < -0.39 is 9.84 Å². The zero-order chi connectivity index (χ0) is 28.1. The third-order valence-corrected chi connectivity index (χ3v) is 8.04. The molecule has 2 rings (SSSR count). The fraction of sp³-hybridized carbons (Fsp3) is 0.516. The molecule has 4 nitrogen and oxygen atoms in total. The Kier molecular flexibility index (Phi) is 7.72. The molecule has 0 radical (unpaired) electrons. The summed E-state index contributed by atoms with van der Waals surface area (Å²) in [6, 6.07) is 10.9. The van der Waals surface area contributed by atoms with Crippen LogP contribution in [0.3, 0.4) is 0 Å². The molecule has 1 N–H and O–H groups in total. The smallest absolute Gasteiger partial charge is 0.216 e. The summed E-state index contributed by atoms with van der Waals surface area (Å²) in [6.45, 7) is 24.3. The highest BCUT2D eigenvalue weighted by atomic mass is 32.2. The number of hydrogen-bond donors (Lipinski definition) is 1. The van der Waals surface area contributed by atoms with Gasteiger partial charge in [0.15, 0.2) is 0 Å². The summed E-state index contributed by atoms with van der Waals surface area (Å²) in [5.41, 5.74) is 2.53. The average Bonchev–Trinajstić information content (AvgIpc) is 2.69. The van der Waals surface area contributed by atoms with Crippen molar-refractivity contribution in [3.05, 3.63) is 63.1 Å². The molecule has 0 spiro atoms. The minimum absolute atomic E-state index is 0.124. The van der Waals surface area contributed by atoms with E-state index in [0.717, 1.165) is 11.1 Å². The van der Waals surface area contributed by atoms with E-state index in [1.165, 1.54) is 6.08 Å². The van der Waals surface area contributed by atoms with Crippen molar-refractivity contribution >= 4 is 15.9 Å². The number of phenols is 1. The summed E-state index contributed by atoms with van der Waals surface area (Å²) in [5, 5.41) is 21.0. The highest BCUT2D eigenvalue weighted by molar-refractivity contribution is 7.95. The van der Waals surface area contributed by atoms with Gasteiger partial charge < -0.3 is 5.11 Å². The van der Waals surface area contributed by atoms with Crippen LogP contribution in [0, 0.1) is 11.3 Å². The van der Waals surface area contributed by atoms with Gasteiger partial charge >= 0.3 is 0 Å². The number of hydrogen-bond acceptors (Lipinski definition) is 4. The number of allylic oxidation sites excluding steroid dienone is 1. The molecule has 0 saturated heterocycles. The lowest BCUT2D eigenvalue weighted by Gasteiger charge is -2.28. The van der Waals surface area contributed by atoms with Crippen molar-refractivity contribution in [3.63, 3.8) is 0 Å². The van der Waals surface area contributed by atoms with Crippen LogP contribution in [0.25, 0.3) is 6.08 Å². The quantitative estimate of drug-likeness (QED) is 0.426. The van der Waals surface area contributed by atoms with Crippen LogP contribution in [0.1, 0.15) is 111 Å². The molecule has 36 heavy (non-hydrogen) atoms. The van der Waals surface area contributed by atoms with Gasteiger partial charge in [-0.15, -0.1) is 0 Å². The zero-order valence-corrected chi connectivity index (χ0v) is 24.9. The molecule has 0 aliphatic heterocycles. The van der Waals surface area contributed by atoms with Gasteiger partial charge in [0.1, 0.15) is 16.7 Å². The van der Waals surface area contributed by atoms with Gasteiger partial charge in [0.25, 0.3) is 0 Å². The summed E-state index contributed by atoms with van der Waals surface area (Å²) >= 11 is 0. The molecule has 0 aromatic heterocycles. The minimum atomic E-state index is -4.08. The van der Waals surface area contributed by atoms with E-state index in [9.17, 15) is 18.8 Å². The topological polar surface area (TPSA) is 78.2 Å². The van der Waals surface area contributed by atoms with Crippen molar-refractivity contribution in [1.29, 1.82) is 5.26 Å². The largest absolute Gasteiger partial charge is 0.507 e. The summed E-state index contributed by atoms with van der Waals surface area (Å²) in [4.78, 5) is -0.197. The van der Waals surface area contributed by atoms with E-state index in [1.54, 1.807) is 24.3 Å². The Morgan fingerprint density at radius 1 is 0.722 bits per heavy atom. The van der Waals surface area contributed by atoms with Crippen molar-refractivity contribution in [3.8, 4) is 11.8 Å². The first-order valence-corrected chi connectivity index (χ1v) is 13.9. The van der Waals surface area contributed by atoms with Crippen LogP contribution in [0.5, 0.6) is 5.75 Å². The maximum Gasteiger partial charge on any atom is 0.216 e. The predicted molar refractivity (Wildman–Crippen MR) is 150 cm³/mol. The summed E-state index contributed by atoms with van der Waals surface area (Å²) in [7, 11) is -4.08. The molecule has 0 aliphatic carbocycles. The number of phenolic OH excluding ortho intramolecular Hbond substituents is 1.